The van der Waals surface area contributed by atoms with E-state index in [1.54, 1.807) is 12.0 Å². The van der Waals surface area contributed by atoms with E-state index < -0.39 is 11.8 Å². The number of ether oxygens (including phenoxy) is 1. The number of hydrogen-bond acceptors (Lipinski definition) is 3. The lowest BCUT2D eigenvalue weighted by molar-refractivity contribution is -0.145. The van der Waals surface area contributed by atoms with Crippen LogP contribution in [0.4, 0.5) is 0 Å². The zero-order valence-corrected chi connectivity index (χ0v) is 11.8. The summed E-state index contributed by atoms with van der Waals surface area (Å²) < 4.78 is 4.88. The van der Waals surface area contributed by atoms with Crippen LogP contribution in [0.1, 0.15) is 39.5 Å². The van der Waals surface area contributed by atoms with E-state index in [2.05, 4.69) is 12.2 Å². The number of rotatable bonds is 9. The largest absolute Gasteiger partial charge is 0.385 e. The van der Waals surface area contributed by atoms with E-state index in [0.717, 1.165) is 25.7 Å². The molecule has 5 heteroatoms. The third-order valence-electron chi connectivity index (χ3n) is 2.57. The smallest absolute Gasteiger partial charge is 0.311 e. The molecule has 106 valence electrons. The maximum Gasteiger partial charge on any atom is 0.311 e. The Kier molecular flexibility index (Phi) is 10.3. The van der Waals surface area contributed by atoms with Gasteiger partial charge in [-0.2, -0.15) is 0 Å². The van der Waals surface area contributed by atoms with Gasteiger partial charge < -0.3 is 15.0 Å². The second-order valence-corrected chi connectivity index (χ2v) is 4.25. The molecular weight excluding hydrogens is 232 g/mol. The van der Waals surface area contributed by atoms with Crippen molar-refractivity contribution in [2.24, 2.45) is 0 Å². The molecule has 0 aromatic heterocycles. The lowest BCUT2D eigenvalue weighted by Crippen LogP contribution is -2.44. The van der Waals surface area contributed by atoms with Gasteiger partial charge in [-0.1, -0.05) is 20.3 Å². The lowest BCUT2D eigenvalue weighted by atomic mass is 10.3. The van der Waals surface area contributed by atoms with E-state index >= 15 is 0 Å². The van der Waals surface area contributed by atoms with Crippen molar-refractivity contribution in [2.75, 3.05) is 33.4 Å². The summed E-state index contributed by atoms with van der Waals surface area (Å²) in [5.41, 5.74) is 0. The lowest BCUT2D eigenvalue weighted by Gasteiger charge is -2.21. The molecule has 0 unspecified atom stereocenters. The van der Waals surface area contributed by atoms with Gasteiger partial charge in [0.05, 0.1) is 0 Å². The first-order valence-electron chi connectivity index (χ1n) is 6.73. The Bertz CT molecular complexity index is 244. The fraction of sp³-hybridized carbons (Fsp3) is 0.846. The van der Waals surface area contributed by atoms with Gasteiger partial charge in [0, 0.05) is 33.4 Å². The van der Waals surface area contributed by atoms with Crippen LogP contribution in [0.15, 0.2) is 0 Å². The van der Waals surface area contributed by atoms with Gasteiger partial charge in [-0.3, -0.25) is 9.59 Å². The van der Waals surface area contributed by atoms with Crippen molar-refractivity contribution in [1.82, 2.24) is 10.2 Å². The molecule has 1 N–H and O–H groups in total. The van der Waals surface area contributed by atoms with Crippen molar-refractivity contribution in [3.05, 3.63) is 0 Å². The highest BCUT2D eigenvalue weighted by molar-refractivity contribution is 6.34. The van der Waals surface area contributed by atoms with Crippen LogP contribution < -0.4 is 5.32 Å². The molecule has 0 heterocycles. The summed E-state index contributed by atoms with van der Waals surface area (Å²) in [7, 11) is 1.61. The molecule has 0 aliphatic rings. The van der Waals surface area contributed by atoms with Gasteiger partial charge >= 0.3 is 11.8 Å². The van der Waals surface area contributed by atoms with Crippen molar-refractivity contribution in [2.45, 2.75) is 39.5 Å². The van der Waals surface area contributed by atoms with E-state index in [9.17, 15) is 9.59 Å². The standard InChI is InChI=1S/C13H26N2O3/c1-4-6-10-15(9-5-2)13(17)12(16)14-8-7-11-18-3/h4-11H2,1-3H3,(H,14,16). The number of carbonyl (C=O) groups excluding carboxylic acids is 2. The minimum absolute atomic E-state index is 0.414. The van der Waals surface area contributed by atoms with Crippen molar-refractivity contribution in [3.8, 4) is 0 Å². The average molecular weight is 258 g/mol. The maximum atomic E-state index is 11.9. The molecule has 0 aliphatic carbocycles. The van der Waals surface area contributed by atoms with Crippen molar-refractivity contribution >= 4 is 11.8 Å². The number of nitrogens with zero attached hydrogens (tertiary/aromatic N) is 1. The summed E-state index contributed by atoms with van der Waals surface area (Å²) in [6.07, 6.45) is 3.54. The molecule has 0 spiro atoms. The summed E-state index contributed by atoms with van der Waals surface area (Å²) in [6, 6.07) is 0. The first-order chi connectivity index (χ1) is 8.67. The molecular formula is C13H26N2O3. The molecule has 0 aromatic rings. The minimum atomic E-state index is -0.504. The Morgan fingerprint density at radius 1 is 1.11 bits per heavy atom. The number of carbonyl (C=O) groups is 2. The third-order valence-corrected chi connectivity index (χ3v) is 2.57. The second kappa shape index (κ2) is 11.0. The topological polar surface area (TPSA) is 58.6 Å². The van der Waals surface area contributed by atoms with Crippen LogP contribution in [0.5, 0.6) is 0 Å². The predicted molar refractivity (Wildman–Crippen MR) is 71.3 cm³/mol. The fourth-order valence-electron chi connectivity index (χ4n) is 1.57. The minimum Gasteiger partial charge on any atom is -0.385 e. The zero-order chi connectivity index (χ0) is 13.8. The van der Waals surface area contributed by atoms with Gasteiger partial charge in [0.2, 0.25) is 0 Å². The fourth-order valence-corrected chi connectivity index (χ4v) is 1.57. The molecule has 0 bridgehead atoms. The number of hydrogen-bond donors (Lipinski definition) is 1. The monoisotopic (exact) mass is 258 g/mol. The summed E-state index contributed by atoms with van der Waals surface area (Å²) in [5, 5.41) is 2.62. The van der Waals surface area contributed by atoms with E-state index in [0.29, 0.717) is 26.2 Å². The Morgan fingerprint density at radius 2 is 1.83 bits per heavy atom. The molecule has 5 nitrogen and oxygen atoms in total. The molecule has 2 amide bonds. The average Bonchev–Trinajstić information content (AvgIpc) is 2.38. The van der Waals surface area contributed by atoms with Gasteiger partial charge in [0.25, 0.3) is 0 Å². The van der Waals surface area contributed by atoms with Crippen LogP contribution in [-0.4, -0.2) is 50.1 Å². The maximum absolute atomic E-state index is 11.9. The van der Waals surface area contributed by atoms with Gasteiger partial charge in [0.15, 0.2) is 0 Å². The quantitative estimate of drug-likeness (QED) is 0.499. The molecule has 0 atom stereocenters. The SMILES string of the molecule is CCCCN(CCC)C(=O)C(=O)NCCCOC. The molecule has 0 radical (unpaired) electrons. The number of amides is 2. The van der Waals surface area contributed by atoms with Crippen LogP contribution in [0.2, 0.25) is 0 Å². The molecule has 0 saturated heterocycles. The molecule has 0 aromatic carbocycles. The van der Waals surface area contributed by atoms with E-state index in [1.165, 1.54) is 0 Å². The summed E-state index contributed by atoms with van der Waals surface area (Å²) >= 11 is 0. The zero-order valence-electron chi connectivity index (χ0n) is 11.8. The highest BCUT2D eigenvalue weighted by atomic mass is 16.5. The Balaban J connectivity index is 4.07. The van der Waals surface area contributed by atoms with Gasteiger partial charge in [0.1, 0.15) is 0 Å². The normalized spacial score (nSPS) is 10.2. The first kappa shape index (κ1) is 16.9. The Labute approximate surface area is 110 Å². The van der Waals surface area contributed by atoms with Crippen LogP contribution in [-0.2, 0) is 14.3 Å². The molecule has 0 saturated carbocycles. The number of nitrogens with one attached hydrogen (secondary N) is 1. The van der Waals surface area contributed by atoms with Crippen molar-refractivity contribution < 1.29 is 14.3 Å². The number of unbranched alkanes of at least 4 members (excludes halogenated alkanes) is 1. The Hall–Kier alpha value is -1.10. The first-order valence-corrected chi connectivity index (χ1v) is 6.73. The van der Waals surface area contributed by atoms with Gasteiger partial charge in [-0.15, -0.1) is 0 Å². The Morgan fingerprint density at radius 3 is 2.39 bits per heavy atom. The third kappa shape index (κ3) is 7.27. The van der Waals surface area contributed by atoms with Crippen LogP contribution in [0, 0.1) is 0 Å². The van der Waals surface area contributed by atoms with Gasteiger partial charge in [-0.25, -0.2) is 0 Å². The predicted octanol–water partition coefficient (Wildman–Crippen LogP) is 1.18. The molecule has 0 rings (SSSR count). The summed E-state index contributed by atoms with van der Waals surface area (Å²) in [5.74, 6) is -0.918. The van der Waals surface area contributed by atoms with E-state index in [-0.39, 0.29) is 0 Å². The van der Waals surface area contributed by atoms with Crippen LogP contribution in [0.25, 0.3) is 0 Å². The number of methoxy groups -OCH3 is 1. The highest BCUT2D eigenvalue weighted by Gasteiger charge is 2.19. The molecule has 0 aliphatic heterocycles. The highest BCUT2D eigenvalue weighted by Crippen LogP contribution is 1.98. The summed E-state index contributed by atoms with van der Waals surface area (Å²) in [6.45, 7) is 6.44. The van der Waals surface area contributed by atoms with Crippen molar-refractivity contribution in [3.63, 3.8) is 0 Å². The van der Waals surface area contributed by atoms with Crippen LogP contribution in [0.3, 0.4) is 0 Å². The van der Waals surface area contributed by atoms with Gasteiger partial charge in [-0.05, 0) is 19.3 Å². The van der Waals surface area contributed by atoms with Crippen molar-refractivity contribution in [1.29, 1.82) is 0 Å². The molecule has 0 fully saturated rings. The van der Waals surface area contributed by atoms with E-state index in [1.807, 2.05) is 6.92 Å². The second-order valence-electron chi connectivity index (χ2n) is 4.25. The van der Waals surface area contributed by atoms with E-state index in [4.69, 9.17) is 4.74 Å². The molecule has 18 heavy (non-hydrogen) atoms. The summed E-state index contributed by atoms with van der Waals surface area (Å²) in [4.78, 5) is 25.2. The van der Waals surface area contributed by atoms with Crippen LogP contribution >= 0.6 is 0 Å².